The van der Waals surface area contributed by atoms with Gasteiger partial charge in [-0.25, -0.2) is 4.98 Å². The molecule has 31 heavy (non-hydrogen) atoms. The second-order valence-corrected chi connectivity index (χ2v) is 9.21. The Morgan fingerprint density at radius 3 is 2.61 bits per heavy atom. The molecule has 2 heterocycles. The highest BCUT2D eigenvalue weighted by atomic mass is 32.1. The van der Waals surface area contributed by atoms with Crippen LogP contribution >= 0.6 is 22.7 Å². The molecule has 4 aromatic rings. The topological polar surface area (TPSA) is 80.8 Å². The molecule has 0 unspecified atom stereocenters. The molecule has 0 atom stereocenters. The minimum Gasteiger partial charge on any atom is -0.484 e. The second-order valence-electron chi connectivity index (χ2n) is 7.06. The summed E-state index contributed by atoms with van der Waals surface area (Å²) < 4.78 is 13.4. The number of fused-ring (bicyclic) bond motifs is 3. The normalized spacial score (nSPS) is 10.9. The van der Waals surface area contributed by atoms with Crippen LogP contribution in [0.3, 0.4) is 0 Å². The molecule has 0 spiro atoms. The van der Waals surface area contributed by atoms with E-state index in [-0.39, 0.29) is 25.0 Å². The van der Waals surface area contributed by atoms with E-state index in [1.807, 2.05) is 24.4 Å². The van der Waals surface area contributed by atoms with Crippen LogP contribution in [0.1, 0.15) is 5.01 Å². The molecule has 1 N–H and O–H groups in total. The van der Waals surface area contributed by atoms with Crippen molar-refractivity contribution in [3.63, 3.8) is 0 Å². The molecule has 0 aliphatic rings. The minimum absolute atomic E-state index is 0.0345. The van der Waals surface area contributed by atoms with Crippen molar-refractivity contribution < 1.29 is 19.1 Å². The van der Waals surface area contributed by atoms with Crippen molar-refractivity contribution >= 4 is 60.5 Å². The first kappa shape index (κ1) is 21.1. The molecule has 7 nitrogen and oxygen atoms in total. The largest absolute Gasteiger partial charge is 0.484 e. The van der Waals surface area contributed by atoms with Gasteiger partial charge in [-0.3, -0.25) is 9.59 Å². The Labute approximate surface area is 187 Å². The zero-order chi connectivity index (χ0) is 22.0. The van der Waals surface area contributed by atoms with E-state index in [1.165, 1.54) is 4.90 Å². The van der Waals surface area contributed by atoms with Crippen LogP contribution in [0.2, 0.25) is 0 Å². The zero-order valence-corrected chi connectivity index (χ0v) is 18.9. The molecule has 0 fully saturated rings. The number of carbonyl (C=O) groups is 2. The number of hydrogen-bond donors (Lipinski definition) is 1. The number of nitrogens with one attached hydrogen (secondary N) is 1. The Morgan fingerprint density at radius 2 is 1.87 bits per heavy atom. The van der Waals surface area contributed by atoms with Crippen molar-refractivity contribution in [2.75, 3.05) is 32.6 Å². The average molecular weight is 456 g/mol. The number of ether oxygens (including phenoxy) is 2. The summed E-state index contributed by atoms with van der Waals surface area (Å²) in [5.41, 5.74) is 1.60. The Bertz CT molecular complexity index is 1250. The smallest absolute Gasteiger partial charge is 0.262 e. The van der Waals surface area contributed by atoms with E-state index in [1.54, 1.807) is 61.0 Å². The van der Waals surface area contributed by atoms with Crippen LogP contribution in [0.4, 0.5) is 5.69 Å². The summed E-state index contributed by atoms with van der Waals surface area (Å²) in [7, 11) is 3.35. The summed E-state index contributed by atoms with van der Waals surface area (Å²) in [4.78, 5) is 30.0. The fourth-order valence-electron chi connectivity index (χ4n) is 2.96. The van der Waals surface area contributed by atoms with Gasteiger partial charge in [0.2, 0.25) is 0 Å². The van der Waals surface area contributed by atoms with Crippen molar-refractivity contribution in [2.45, 2.75) is 6.92 Å². The summed E-state index contributed by atoms with van der Waals surface area (Å²) >= 11 is 3.23. The molecular weight excluding hydrogens is 434 g/mol. The quantitative estimate of drug-likeness (QED) is 0.449. The highest BCUT2D eigenvalue weighted by Crippen LogP contribution is 2.38. The molecule has 0 saturated heterocycles. The number of aromatic nitrogens is 1. The number of amides is 2. The van der Waals surface area contributed by atoms with Crippen molar-refractivity contribution in [2.24, 2.45) is 0 Å². The van der Waals surface area contributed by atoms with E-state index in [2.05, 4.69) is 10.3 Å². The molecule has 0 saturated carbocycles. The third-order valence-electron chi connectivity index (χ3n) is 4.53. The van der Waals surface area contributed by atoms with Crippen LogP contribution in [0, 0.1) is 6.92 Å². The van der Waals surface area contributed by atoms with Gasteiger partial charge >= 0.3 is 0 Å². The third kappa shape index (κ3) is 4.78. The Morgan fingerprint density at radius 1 is 1.10 bits per heavy atom. The maximum Gasteiger partial charge on any atom is 0.262 e. The molecule has 0 radical (unpaired) electrons. The number of thiazole rings is 1. The highest BCUT2D eigenvalue weighted by Gasteiger charge is 2.14. The molecule has 0 aliphatic heterocycles. The first-order valence-corrected chi connectivity index (χ1v) is 11.2. The van der Waals surface area contributed by atoms with Crippen LogP contribution in [0.25, 0.3) is 20.3 Å². The van der Waals surface area contributed by atoms with Gasteiger partial charge < -0.3 is 19.7 Å². The molecule has 2 amide bonds. The Kier molecular flexibility index (Phi) is 6.06. The molecule has 2 aromatic heterocycles. The lowest BCUT2D eigenvalue weighted by Crippen LogP contribution is -2.27. The van der Waals surface area contributed by atoms with Crippen molar-refractivity contribution in [3.05, 3.63) is 46.8 Å². The molecule has 0 bridgehead atoms. The van der Waals surface area contributed by atoms with Crippen molar-refractivity contribution in [3.8, 4) is 11.5 Å². The van der Waals surface area contributed by atoms with Gasteiger partial charge in [0.25, 0.3) is 11.8 Å². The van der Waals surface area contributed by atoms with Crippen molar-refractivity contribution in [1.29, 1.82) is 0 Å². The summed E-state index contributed by atoms with van der Waals surface area (Å²) in [5.74, 6) is 0.843. The lowest BCUT2D eigenvalue weighted by molar-refractivity contribution is -0.130. The number of carbonyl (C=O) groups excluding carboxylic acids is 2. The number of nitrogens with zero attached hydrogens (tertiary/aromatic N) is 2. The van der Waals surface area contributed by atoms with Gasteiger partial charge in [-0.1, -0.05) is 0 Å². The zero-order valence-electron chi connectivity index (χ0n) is 17.3. The second kappa shape index (κ2) is 8.91. The average Bonchev–Trinajstić information content (AvgIpc) is 3.37. The van der Waals surface area contributed by atoms with Gasteiger partial charge in [0.05, 0.1) is 19.9 Å². The number of benzene rings is 2. The van der Waals surface area contributed by atoms with Crippen molar-refractivity contribution in [1.82, 2.24) is 9.88 Å². The number of likely N-dealkylation sites (N-methyl/N-ethyl adjacent to an activating group) is 1. The van der Waals surface area contributed by atoms with Crippen LogP contribution < -0.4 is 14.8 Å². The summed E-state index contributed by atoms with van der Waals surface area (Å²) in [6.45, 7) is 1.84. The molecular formula is C22H21N3O4S2. The standard InChI is InChI=1S/C22H21N3O4S2/c1-13-23-21-18(31-13)10-17(16-8-9-30-22(16)21)29-11-19(26)24-14-4-6-15(7-5-14)28-12-20(27)25(2)3/h4-10H,11-12H2,1-3H3,(H,24,26). The molecule has 160 valence electrons. The van der Waals surface area contributed by atoms with Gasteiger partial charge in [0.15, 0.2) is 13.2 Å². The van der Waals surface area contributed by atoms with E-state index in [4.69, 9.17) is 9.47 Å². The fraction of sp³-hybridized carbons (Fsp3) is 0.227. The highest BCUT2D eigenvalue weighted by molar-refractivity contribution is 7.21. The summed E-state index contributed by atoms with van der Waals surface area (Å²) in [5, 5.41) is 6.77. The monoisotopic (exact) mass is 455 g/mol. The SMILES string of the molecule is Cc1nc2c(cc(OCC(=O)Nc3ccc(OCC(=O)N(C)C)cc3)c3ccsc32)s1. The van der Waals surface area contributed by atoms with Gasteiger partial charge in [0, 0.05) is 31.2 Å². The van der Waals surface area contributed by atoms with E-state index in [0.29, 0.717) is 17.2 Å². The number of aryl methyl sites for hydroxylation is 1. The van der Waals surface area contributed by atoms with E-state index >= 15 is 0 Å². The maximum atomic E-state index is 12.4. The molecule has 4 rings (SSSR count). The Balaban J connectivity index is 1.37. The predicted octanol–water partition coefficient (Wildman–Crippen LogP) is 4.30. The van der Waals surface area contributed by atoms with Crippen LogP contribution in [0.15, 0.2) is 41.8 Å². The van der Waals surface area contributed by atoms with Crippen LogP contribution in [-0.2, 0) is 9.59 Å². The van der Waals surface area contributed by atoms with Crippen LogP contribution in [0.5, 0.6) is 11.5 Å². The van der Waals surface area contributed by atoms with Crippen LogP contribution in [-0.4, -0.2) is 49.0 Å². The van der Waals surface area contributed by atoms with Gasteiger partial charge in [-0.2, -0.15) is 0 Å². The minimum atomic E-state index is -0.264. The predicted molar refractivity (Wildman–Crippen MR) is 124 cm³/mol. The Hall–Kier alpha value is -3.17. The number of hydrogen-bond acceptors (Lipinski definition) is 7. The lowest BCUT2D eigenvalue weighted by atomic mass is 10.2. The first-order valence-electron chi connectivity index (χ1n) is 9.54. The van der Waals surface area contributed by atoms with E-state index in [0.717, 1.165) is 25.3 Å². The fourth-order valence-corrected chi connectivity index (χ4v) is 4.79. The molecule has 0 aliphatic carbocycles. The maximum absolute atomic E-state index is 12.4. The lowest BCUT2D eigenvalue weighted by Gasteiger charge is -2.12. The van der Waals surface area contributed by atoms with Gasteiger partial charge in [-0.15, -0.1) is 22.7 Å². The van der Waals surface area contributed by atoms with E-state index in [9.17, 15) is 9.59 Å². The number of rotatable bonds is 7. The number of anilines is 1. The molecule has 2 aromatic carbocycles. The summed E-state index contributed by atoms with van der Waals surface area (Å²) in [6, 6.07) is 10.8. The molecule has 9 heteroatoms. The van der Waals surface area contributed by atoms with Gasteiger partial charge in [0.1, 0.15) is 11.5 Å². The first-order chi connectivity index (χ1) is 14.9. The summed E-state index contributed by atoms with van der Waals surface area (Å²) in [6.07, 6.45) is 0. The number of thiophene rings is 1. The van der Waals surface area contributed by atoms with Gasteiger partial charge in [-0.05, 0) is 42.6 Å². The van der Waals surface area contributed by atoms with E-state index < -0.39 is 0 Å². The third-order valence-corrected chi connectivity index (χ3v) is 6.37.